The summed E-state index contributed by atoms with van der Waals surface area (Å²) in [4.78, 5) is 11.8. The number of rotatable bonds is 3. The van der Waals surface area contributed by atoms with Crippen LogP contribution < -0.4 is 0 Å². The van der Waals surface area contributed by atoms with E-state index in [9.17, 15) is 4.79 Å². The largest absolute Gasteiger partial charge is 0.455 e. The molecule has 0 saturated heterocycles. The molecule has 0 aromatic carbocycles. The monoisotopic (exact) mass is 232 g/mol. The van der Waals surface area contributed by atoms with Gasteiger partial charge in [-0.1, -0.05) is 13.5 Å². The van der Waals surface area contributed by atoms with Gasteiger partial charge in [-0.2, -0.15) is 0 Å². The fraction of sp³-hybridized carbons (Fsp3) is 0.800. The number of carbonyl (C=O) groups is 1. The fourth-order valence-electron chi connectivity index (χ4n) is 5.92. The van der Waals surface area contributed by atoms with Crippen LogP contribution in [-0.4, -0.2) is 11.6 Å². The first-order chi connectivity index (χ1) is 8.07. The van der Waals surface area contributed by atoms with Crippen molar-refractivity contribution in [3.63, 3.8) is 0 Å². The van der Waals surface area contributed by atoms with Gasteiger partial charge in [-0.15, -0.1) is 0 Å². The third kappa shape index (κ3) is 0.757. The molecular weight excluding hydrogens is 212 g/mol. The minimum Gasteiger partial charge on any atom is -0.455 e. The smallest absolute Gasteiger partial charge is 0.333 e. The highest BCUT2D eigenvalue weighted by atomic mass is 16.6. The van der Waals surface area contributed by atoms with E-state index < -0.39 is 0 Å². The van der Waals surface area contributed by atoms with Gasteiger partial charge in [-0.05, 0) is 49.9 Å². The summed E-state index contributed by atoms with van der Waals surface area (Å²) in [5.41, 5.74) is 1.09. The zero-order chi connectivity index (χ0) is 12.0. The topological polar surface area (TPSA) is 26.3 Å². The van der Waals surface area contributed by atoms with Gasteiger partial charge >= 0.3 is 5.97 Å². The summed E-state index contributed by atoms with van der Waals surface area (Å²) < 4.78 is 5.88. The van der Waals surface area contributed by atoms with E-state index in [1.165, 1.54) is 19.3 Å². The van der Waals surface area contributed by atoms with E-state index in [-0.39, 0.29) is 11.6 Å². The molecule has 2 heteroatoms. The summed E-state index contributed by atoms with van der Waals surface area (Å²) >= 11 is 0. The molecule has 0 aliphatic heterocycles. The van der Waals surface area contributed by atoms with Crippen molar-refractivity contribution in [2.24, 2.45) is 29.1 Å². The SMILES string of the molecule is C=C(C)C(=O)OC1(CC)C2CC3CC4CC1C342. The Balaban J connectivity index is 1.60. The number of ether oxygens (including phenoxy) is 1. The maximum absolute atomic E-state index is 11.8. The van der Waals surface area contributed by atoms with E-state index in [1.54, 1.807) is 6.92 Å². The van der Waals surface area contributed by atoms with Crippen molar-refractivity contribution in [3.05, 3.63) is 12.2 Å². The molecular formula is C15H20O2. The summed E-state index contributed by atoms with van der Waals surface area (Å²) in [7, 11) is 0. The van der Waals surface area contributed by atoms with Crippen LogP contribution in [0.1, 0.15) is 39.5 Å². The van der Waals surface area contributed by atoms with Crippen LogP contribution in [-0.2, 0) is 9.53 Å². The van der Waals surface area contributed by atoms with E-state index in [4.69, 9.17) is 4.74 Å². The molecule has 0 aromatic rings. The van der Waals surface area contributed by atoms with Gasteiger partial charge in [0.1, 0.15) is 5.60 Å². The van der Waals surface area contributed by atoms with Crippen LogP contribution in [0.15, 0.2) is 12.2 Å². The summed E-state index contributed by atoms with van der Waals surface area (Å²) in [6.07, 6.45) is 5.07. The molecule has 1 spiro atoms. The molecule has 4 rings (SSSR count). The van der Waals surface area contributed by atoms with Gasteiger partial charge in [-0.3, -0.25) is 0 Å². The highest BCUT2D eigenvalue weighted by Crippen LogP contribution is 2.91. The molecule has 0 amide bonds. The maximum atomic E-state index is 11.8. The Morgan fingerprint density at radius 1 is 1.29 bits per heavy atom. The van der Waals surface area contributed by atoms with E-state index >= 15 is 0 Å². The zero-order valence-corrected chi connectivity index (χ0v) is 10.7. The molecule has 0 N–H and O–H groups in total. The van der Waals surface area contributed by atoms with Gasteiger partial charge in [0, 0.05) is 17.4 Å². The predicted octanol–water partition coefficient (Wildman–Crippen LogP) is 2.93. The standard InChI is InChI=1S/C15H20O2/c1-4-14(17-13(16)8(2)3)11-6-9-5-10-7-12(14)15(9,10)11/h9-12H,2,4-7H2,1,3H3. The first-order valence-electron chi connectivity index (χ1n) is 6.96. The minimum atomic E-state index is -0.173. The Kier molecular flexibility index (Phi) is 1.57. The molecule has 4 fully saturated rings. The van der Waals surface area contributed by atoms with Crippen molar-refractivity contribution in [2.75, 3.05) is 0 Å². The molecule has 0 radical (unpaired) electrons. The van der Waals surface area contributed by atoms with E-state index in [0.717, 1.165) is 18.3 Å². The number of hydrogen-bond acceptors (Lipinski definition) is 2. The lowest BCUT2D eigenvalue weighted by atomic mass is 9.14. The van der Waals surface area contributed by atoms with Gasteiger partial charge in [0.05, 0.1) is 0 Å². The van der Waals surface area contributed by atoms with Crippen LogP contribution in [0.5, 0.6) is 0 Å². The lowest BCUT2D eigenvalue weighted by Crippen LogP contribution is -2.90. The van der Waals surface area contributed by atoms with Gasteiger partial charge < -0.3 is 4.74 Å². The van der Waals surface area contributed by atoms with Gasteiger partial charge in [-0.25, -0.2) is 4.79 Å². The molecule has 4 atom stereocenters. The zero-order valence-electron chi connectivity index (χ0n) is 10.7. The quantitative estimate of drug-likeness (QED) is 0.552. The Hall–Kier alpha value is -0.790. The summed E-state index contributed by atoms with van der Waals surface area (Å²) in [6, 6.07) is 0. The van der Waals surface area contributed by atoms with Crippen LogP contribution >= 0.6 is 0 Å². The van der Waals surface area contributed by atoms with Crippen LogP contribution in [0.4, 0.5) is 0 Å². The van der Waals surface area contributed by atoms with Crippen molar-refractivity contribution >= 4 is 5.97 Å². The molecule has 17 heavy (non-hydrogen) atoms. The molecule has 2 nitrogen and oxygen atoms in total. The lowest BCUT2D eigenvalue weighted by Gasteiger charge is -2.91. The van der Waals surface area contributed by atoms with Crippen molar-refractivity contribution in [1.29, 1.82) is 0 Å². The second-order valence-electron chi connectivity index (χ2n) is 6.68. The predicted molar refractivity (Wildman–Crippen MR) is 64.2 cm³/mol. The Morgan fingerprint density at radius 3 is 2.29 bits per heavy atom. The molecule has 0 aromatic heterocycles. The summed E-state index contributed by atoms with van der Waals surface area (Å²) in [6.45, 7) is 7.63. The van der Waals surface area contributed by atoms with Crippen LogP contribution in [0.25, 0.3) is 0 Å². The van der Waals surface area contributed by atoms with Gasteiger partial charge in [0.25, 0.3) is 0 Å². The lowest BCUT2D eigenvalue weighted by molar-refractivity contribution is -0.459. The second-order valence-corrected chi connectivity index (χ2v) is 6.68. The molecule has 4 saturated carbocycles. The molecule has 4 aliphatic carbocycles. The van der Waals surface area contributed by atoms with Crippen molar-refractivity contribution in [2.45, 2.75) is 45.1 Å². The minimum absolute atomic E-state index is 0.108. The Bertz CT molecular complexity index is 414. The number of carbonyl (C=O) groups excluding carboxylic acids is 1. The van der Waals surface area contributed by atoms with E-state index in [2.05, 4.69) is 13.5 Å². The number of hydrogen-bond donors (Lipinski definition) is 0. The molecule has 4 aliphatic rings. The molecule has 92 valence electrons. The Morgan fingerprint density at radius 2 is 1.88 bits per heavy atom. The number of esters is 1. The highest BCUT2D eigenvalue weighted by molar-refractivity contribution is 5.87. The average molecular weight is 232 g/mol. The molecule has 4 unspecified atom stereocenters. The normalized spacial score (nSPS) is 56.1. The summed E-state index contributed by atoms with van der Waals surface area (Å²) in [5, 5.41) is 0. The second kappa shape index (κ2) is 2.62. The molecule has 0 bridgehead atoms. The van der Waals surface area contributed by atoms with Crippen molar-refractivity contribution in [3.8, 4) is 0 Å². The molecule has 0 heterocycles. The third-order valence-electron chi connectivity index (χ3n) is 6.59. The van der Waals surface area contributed by atoms with Crippen LogP contribution in [0, 0.1) is 29.1 Å². The van der Waals surface area contributed by atoms with Gasteiger partial charge in [0.2, 0.25) is 0 Å². The first kappa shape index (κ1) is 10.2. The van der Waals surface area contributed by atoms with E-state index in [1.807, 2.05) is 0 Å². The average Bonchev–Trinajstić information content (AvgIpc) is 2.20. The van der Waals surface area contributed by atoms with E-state index in [0.29, 0.717) is 22.8 Å². The van der Waals surface area contributed by atoms with Crippen LogP contribution in [0.2, 0.25) is 0 Å². The highest BCUT2D eigenvalue weighted by Gasteiger charge is 2.90. The fourth-order valence-corrected chi connectivity index (χ4v) is 5.92. The van der Waals surface area contributed by atoms with Gasteiger partial charge in [0.15, 0.2) is 0 Å². The van der Waals surface area contributed by atoms with Crippen molar-refractivity contribution in [1.82, 2.24) is 0 Å². The first-order valence-corrected chi connectivity index (χ1v) is 6.96. The Labute approximate surface area is 102 Å². The third-order valence-corrected chi connectivity index (χ3v) is 6.59. The van der Waals surface area contributed by atoms with Crippen LogP contribution in [0.3, 0.4) is 0 Å². The van der Waals surface area contributed by atoms with Crippen molar-refractivity contribution < 1.29 is 9.53 Å². The summed E-state index contributed by atoms with van der Waals surface area (Å²) in [5.74, 6) is 3.17. The maximum Gasteiger partial charge on any atom is 0.333 e.